The van der Waals surface area contributed by atoms with Crippen molar-refractivity contribution in [2.75, 3.05) is 6.54 Å². The van der Waals surface area contributed by atoms with Crippen LogP contribution in [0.3, 0.4) is 0 Å². The first-order valence-corrected chi connectivity index (χ1v) is 8.55. The highest BCUT2D eigenvalue weighted by atomic mass is 32.1. The van der Waals surface area contributed by atoms with Gasteiger partial charge in [0.2, 0.25) is 5.91 Å². The molecule has 1 aliphatic rings. The summed E-state index contributed by atoms with van der Waals surface area (Å²) in [4.78, 5) is 16.1. The van der Waals surface area contributed by atoms with E-state index in [0.717, 1.165) is 19.6 Å². The zero-order valence-electron chi connectivity index (χ0n) is 13.0. The van der Waals surface area contributed by atoms with Gasteiger partial charge in [-0.25, -0.2) is 0 Å². The Morgan fingerprint density at radius 2 is 2.32 bits per heavy atom. The summed E-state index contributed by atoms with van der Waals surface area (Å²) in [7, 11) is 0. The summed E-state index contributed by atoms with van der Waals surface area (Å²) in [6, 6.07) is 6.43. The molecule has 0 aliphatic carbocycles. The number of nitrogens with zero attached hydrogens (tertiary/aromatic N) is 3. The van der Waals surface area contributed by atoms with Gasteiger partial charge in [-0.15, -0.1) is 11.3 Å². The van der Waals surface area contributed by atoms with E-state index in [1.807, 2.05) is 30.8 Å². The second-order valence-corrected chi connectivity index (χ2v) is 7.15. The van der Waals surface area contributed by atoms with Crippen LogP contribution < -0.4 is 5.32 Å². The molecule has 3 heterocycles. The third-order valence-electron chi connectivity index (χ3n) is 3.82. The minimum atomic E-state index is -0.0662. The molecule has 2 aromatic heterocycles. The molecule has 0 saturated carbocycles. The quantitative estimate of drug-likeness (QED) is 0.939. The van der Waals surface area contributed by atoms with E-state index in [4.69, 9.17) is 0 Å². The van der Waals surface area contributed by atoms with Crippen molar-refractivity contribution < 1.29 is 4.79 Å². The van der Waals surface area contributed by atoms with Crippen LogP contribution in [0.15, 0.2) is 29.8 Å². The van der Waals surface area contributed by atoms with Gasteiger partial charge in [0.1, 0.15) is 0 Å². The lowest BCUT2D eigenvalue weighted by Crippen LogP contribution is -2.41. The van der Waals surface area contributed by atoms with Crippen molar-refractivity contribution in [1.29, 1.82) is 0 Å². The zero-order chi connectivity index (χ0) is 15.5. The summed E-state index contributed by atoms with van der Waals surface area (Å²) < 4.78 is 1.97. The maximum absolute atomic E-state index is 12.5. The molecule has 1 aliphatic heterocycles. The summed E-state index contributed by atoms with van der Waals surface area (Å²) in [6.45, 7) is 7.13. The molecule has 1 N–H and O–H groups in total. The molecular weight excluding hydrogens is 296 g/mol. The fourth-order valence-corrected chi connectivity index (χ4v) is 3.59. The average molecular weight is 318 g/mol. The molecule has 0 bridgehead atoms. The van der Waals surface area contributed by atoms with E-state index in [9.17, 15) is 4.79 Å². The Kier molecular flexibility index (Phi) is 4.59. The largest absolute Gasteiger partial charge is 0.354 e. The van der Waals surface area contributed by atoms with Crippen LogP contribution in [0.25, 0.3) is 0 Å². The number of hydrogen-bond donors (Lipinski definition) is 1. The number of carbonyl (C=O) groups is 1. The Morgan fingerprint density at radius 3 is 3.05 bits per heavy atom. The Balaban J connectivity index is 1.78. The molecule has 1 amide bonds. The minimum absolute atomic E-state index is 0.0662. The molecule has 118 valence electrons. The molecule has 1 atom stereocenters. The van der Waals surface area contributed by atoms with Gasteiger partial charge in [-0.05, 0) is 31.4 Å². The number of aromatic nitrogens is 2. The van der Waals surface area contributed by atoms with Gasteiger partial charge < -0.3 is 5.32 Å². The molecule has 3 rings (SSSR count). The summed E-state index contributed by atoms with van der Waals surface area (Å²) in [5, 5.41) is 9.51. The molecule has 5 nitrogen and oxygen atoms in total. The Labute approximate surface area is 134 Å². The van der Waals surface area contributed by atoms with E-state index in [-0.39, 0.29) is 17.9 Å². The lowest BCUT2D eigenvalue weighted by atomic mass is 10.1. The fourth-order valence-electron chi connectivity index (χ4n) is 2.84. The van der Waals surface area contributed by atoms with E-state index in [0.29, 0.717) is 6.54 Å². The van der Waals surface area contributed by atoms with Gasteiger partial charge >= 0.3 is 0 Å². The Morgan fingerprint density at radius 1 is 1.45 bits per heavy atom. The monoisotopic (exact) mass is 318 g/mol. The van der Waals surface area contributed by atoms with E-state index in [2.05, 4.69) is 32.8 Å². The first kappa shape index (κ1) is 15.2. The summed E-state index contributed by atoms with van der Waals surface area (Å²) in [6.07, 6.45) is 1.82. The van der Waals surface area contributed by atoms with Crippen molar-refractivity contribution in [2.24, 2.45) is 5.92 Å². The smallest absolute Gasteiger partial charge is 0.226 e. The van der Waals surface area contributed by atoms with Crippen LogP contribution in [0.5, 0.6) is 0 Å². The van der Waals surface area contributed by atoms with E-state index >= 15 is 0 Å². The average Bonchev–Trinajstić information content (AvgIpc) is 3.07. The topological polar surface area (TPSA) is 50.2 Å². The number of amides is 1. The molecule has 0 saturated heterocycles. The van der Waals surface area contributed by atoms with Gasteiger partial charge in [0.15, 0.2) is 0 Å². The van der Waals surface area contributed by atoms with Gasteiger partial charge in [-0.1, -0.05) is 6.07 Å². The van der Waals surface area contributed by atoms with Crippen LogP contribution >= 0.6 is 11.3 Å². The van der Waals surface area contributed by atoms with E-state index in [1.54, 1.807) is 11.3 Å². The zero-order valence-corrected chi connectivity index (χ0v) is 13.8. The first-order valence-electron chi connectivity index (χ1n) is 7.67. The number of hydrogen-bond acceptors (Lipinski definition) is 4. The van der Waals surface area contributed by atoms with Crippen LogP contribution in [0.4, 0.5) is 0 Å². The van der Waals surface area contributed by atoms with Crippen LogP contribution in [0, 0.1) is 5.92 Å². The predicted octanol–water partition coefficient (Wildman–Crippen LogP) is 2.10. The number of nitrogens with one attached hydrogen (secondary N) is 1. The predicted molar refractivity (Wildman–Crippen MR) is 87.4 cm³/mol. The molecule has 0 aromatic carbocycles. The van der Waals surface area contributed by atoms with Crippen molar-refractivity contribution in [1.82, 2.24) is 20.0 Å². The van der Waals surface area contributed by atoms with Gasteiger partial charge in [-0.3, -0.25) is 14.4 Å². The molecule has 0 spiro atoms. The van der Waals surface area contributed by atoms with Crippen molar-refractivity contribution in [3.63, 3.8) is 0 Å². The van der Waals surface area contributed by atoms with Crippen molar-refractivity contribution >= 4 is 17.2 Å². The third-order valence-corrected chi connectivity index (χ3v) is 4.68. The maximum Gasteiger partial charge on any atom is 0.226 e. The van der Waals surface area contributed by atoms with Crippen molar-refractivity contribution in [3.05, 3.63) is 40.3 Å². The van der Waals surface area contributed by atoms with E-state index in [1.165, 1.54) is 10.6 Å². The van der Waals surface area contributed by atoms with Gasteiger partial charge in [0, 0.05) is 36.8 Å². The molecule has 22 heavy (non-hydrogen) atoms. The number of carbonyl (C=O) groups excluding carboxylic acids is 1. The Bertz CT molecular complexity index is 620. The Hall–Kier alpha value is -1.66. The van der Waals surface area contributed by atoms with E-state index < -0.39 is 0 Å². The minimum Gasteiger partial charge on any atom is -0.354 e. The standard InChI is InChI=1S/C16H22N4OS/c1-12(2)18-16(21)13-8-19(11-15-4-3-7-22-15)10-14-5-6-17-20(14)9-13/h3-7,12-13H,8-11H2,1-2H3,(H,18,21)/t13-/m0/s1. The summed E-state index contributed by atoms with van der Waals surface area (Å²) in [5.74, 6) is 0.0537. The van der Waals surface area contributed by atoms with Crippen LogP contribution in [0.2, 0.25) is 0 Å². The molecule has 6 heteroatoms. The van der Waals surface area contributed by atoms with Crippen LogP contribution in [0.1, 0.15) is 24.4 Å². The highest BCUT2D eigenvalue weighted by Gasteiger charge is 2.27. The lowest BCUT2D eigenvalue weighted by molar-refractivity contribution is -0.126. The van der Waals surface area contributed by atoms with Gasteiger partial charge in [0.05, 0.1) is 18.2 Å². The number of fused-ring (bicyclic) bond motifs is 1. The SMILES string of the molecule is CC(C)NC(=O)[C@H]1CN(Cc2cccs2)Cc2ccnn2C1. The van der Waals surface area contributed by atoms with Crippen molar-refractivity contribution in [3.8, 4) is 0 Å². The second kappa shape index (κ2) is 6.62. The highest BCUT2D eigenvalue weighted by Crippen LogP contribution is 2.20. The highest BCUT2D eigenvalue weighted by molar-refractivity contribution is 7.09. The second-order valence-electron chi connectivity index (χ2n) is 6.11. The maximum atomic E-state index is 12.5. The molecule has 0 radical (unpaired) electrons. The van der Waals surface area contributed by atoms with Crippen LogP contribution in [-0.2, 0) is 24.4 Å². The molecule has 0 fully saturated rings. The van der Waals surface area contributed by atoms with Crippen LogP contribution in [-0.4, -0.2) is 33.2 Å². The normalized spacial score (nSPS) is 19.0. The lowest BCUT2D eigenvalue weighted by Gasteiger charge is -2.23. The third kappa shape index (κ3) is 3.56. The van der Waals surface area contributed by atoms with Gasteiger partial charge in [0.25, 0.3) is 0 Å². The number of rotatable bonds is 4. The number of thiophene rings is 1. The molecular formula is C16H22N4OS. The summed E-state index contributed by atoms with van der Waals surface area (Å²) in [5.41, 5.74) is 1.18. The fraction of sp³-hybridized carbons (Fsp3) is 0.500. The van der Waals surface area contributed by atoms with Crippen molar-refractivity contribution in [2.45, 2.75) is 39.5 Å². The molecule has 2 aromatic rings. The molecule has 0 unspecified atom stereocenters. The van der Waals surface area contributed by atoms with Gasteiger partial charge in [-0.2, -0.15) is 5.10 Å². The first-order chi connectivity index (χ1) is 10.6. The summed E-state index contributed by atoms with van der Waals surface area (Å²) >= 11 is 1.76.